The van der Waals surface area contributed by atoms with Crippen molar-refractivity contribution in [2.75, 3.05) is 0 Å². The minimum absolute atomic E-state index is 0.0725. The third-order valence-electron chi connectivity index (χ3n) is 4.02. The molecule has 0 bridgehead atoms. The lowest BCUT2D eigenvalue weighted by atomic mass is 9.95. The van der Waals surface area contributed by atoms with Gasteiger partial charge in [0.2, 0.25) is 0 Å². The fourth-order valence-electron chi connectivity index (χ4n) is 3.04. The molecule has 2 aliphatic carbocycles. The number of hydrazine groups is 1. The molecule has 2 rings (SSSR count). The van der Waals surface area contributed by atoms with Crippen molar-refractivity contribution in [1.82, 2.24) is 10.6 Å². The summed E-state index contributed by atoms with van der Waals surface area (Å²) in [7, 11) is -4.49. The van der Waals surface area contributed by atoms with Gasteiger partial charge in [0.05, 0.1) is 6.04 Å². The number of hydrogen-bond donors (Lipinski definition) is 3. The summed E-state index contributed by atoms with van der Waals surface area (Å²) < 4.78 is 16.0. The Kier molecular flexibility index (Phi) is 5.81. The average Bonchev–Trinajstić information content (AvgIpc) is 2.39. The molecular weight excluding hydrogens is 267 g/mol. The fourth-order valence-corrected chi connectivity index (χ4v) is 3.45. The summed E-state index contributed by atoms with van der Waals surface area (Å²) >= 11 is 0. The van der Waals surface area contributed by atoms with Crippen LogP contribution in [-0.2, 0) is 9.19 Å². The quantitative estimate of drug-likeness (QED) is 0.533. The zero-order valence-electron chi connectivity index (χ0n) is 11.3. The summed E-state index contributed by atoms with van der Waals surface area (Å²) in [6.07, 6.45) is 10.9. The van der Waals surface area contributed by atoms with E-state index in [0.29, 0.717) is 0 Å². The van der Waals surface area contributed by atoms with Gasteiger partial charge in [-0.1, -0.05) is 38.5 Å². The number of phosphoric acid groups is 1. The number of rotatable bonds is 5. The normalized spacial score (nSPS) is 23.9. The van der Waals surface area contributed by atoms with Crippen molar-refractivity contribution < 1.29 is 19.0 Å². The molecule has 0 aromatic carbocycles. The molecule has 2 fully saturated rings. The number of hydroxylamine groups is 1. The van der Waals surface area contributed by atoms with E-state index in [-0.39, 0.29) is 12.1 Å². The highest BCUT2D eigenvalue weighted by molar-refractivity contribution is 7.46. The molecule has 0 saturated heterocycles. The van der Waals surface area contributed by atoms with E-state index in [9.17, 15) is 4.57 Å². The maximum atomic E-state index is 11.1. The van der Waals surface area contributed by atoms with Gasteiger partial charge in [0.25, 0.3) is 0 Å². The summed E-state index contributed by atoms with van der Waals surface area (Å²) in [5.74, 6) is 0. The third-order valence-corrected chi connectivity index (χ3v) is 4.40. The minimum Gasteiger partial charge on any atom is -0.302 e. The van der Waals surface area contributed by atoms with Crippen LogP contribution in [0.2, 0.25) is 0 Å². The van der Waals surface area contributed by atoms with Crippen LogP contribution in [0.15, 0.2) is 0 Å². The Balaban J connectivity index is 1.93. The van der Waals surface area contributed by atoms with E-state index in [1.165, 1.54) is 30.9 Å². The molecule has 0 radical (unpaired) electrons. The molecule has 3 N–H and O–H groups in total. The van der Waals surface area contributed by atoms with Crippen molar-refractivity contribution in [3.63, 3.8) is 0 Å². The van der Waals surface area contributed by atoms with Gasteiger partial charge in [-0.2, -0.15) is 4.62 Å². The summed E-state index contributed by atoms with van der Waals surface area (Å²) in [6.45, 7) is 0. The molecule has 0 amide bonds. The average molecular weight is 292 g/mol. The van der Waals surface area contributed by atoms with Gasteiger partial charge >= 0.3 is 7.82 Å². The monoisotopic (exact) mass is 292 g/mol. The summed E-state index contributed by atoms with van der Waals surface area (Å²) in [5.41, 5.74) is 3.20. The highest BCUT2D eigenvalue weighted by Gasteiger charge is 2.30. The first-order valence-corrected chi connectivity index (χ1v) is 8.88. The smallest absolute Gasteiger partial charge is 0.302 e. The van der Waals surface area contributed by atoms with Crippen molar-refractivity contribution in [2.24, 2.45) is 0 Å². The molecule has 0 unspecified atom stereocenters. The van der Waals surface area contributed by atoms with Gasteiger partial charge in [-0.3, -0.25) is 0 Å². The van der Waals surface area contributed by atoms with Crippen LogP contribution in [-0.4, -0.2) is 27.0 Å². The van der Waals surface area contributed by atoms with E-state index in [2.05, 4.69) is 5.43 Å². The molecule has 0 aromatic heterocycles. The van der Waals surface area contributed by atoms with Crippen LogP contribution in [0, 0.1) is 0 Å². The van der Waals surface area contributed by atoms with Crippen molar-refractivity contribution in [2.45, 2.75) is 76.3 Å². The van der Waals surface area contributed by atoms with Crippen LogP contribution in [0.5, 0.6) is 0 Å². The largest absolute Gasteiger partial charge is 0.487 e. The van der Waals surface area contributed by atoms with Gasteiger partial charge in [-0.05, 0) is 25.7 Å². The second-order valence-corrected chi connectivity index (χ2v) is 6.80. The standard InChI is InChI=1S/C12H25N2O4P/c15-19(16,17)18-14(12-9-5-2-6-10-12)13-11-7-3-1-4-8-11/h11-13H,1-10H2,(H2,15,16,17). The molecule has 0 heterocycles. The fraction of sp³-hybridized carbons (Fsp3) is 1.00. The highest BCUT2D eigenvalue weighted by atomic mass is 31.2. The number of hydrogen-bond acceptors (Lipinski definition) is 4. The van der Waals surface area contributed by atoms with Crippen molar-refractivity contribution in [3.05, 3.63) is 0 Å². The molecule has 2 saturated carbocycles. The van der Waals surface area contributed by atoms with E-state index in [1.54, 1.807) is 0 Å². The zero-order valence-corrected chi connectivity index (χ0v) is 12.2. The van der Waals surface area contributed by atoms with Crippen LogP contribution in [0.3, 0.4) is 0 Å². The molecule has 6 nitrogen and oxygen atoms in total. The summed E-state index contributed by atoms with van der Waals surface area (Å²) in [6, 6.07) is 0.352. The van der Waals surface area contributed by atoms with Crippen LogP contribution >= 0.6 is 7.82 Å². The molecular formula is C12H25N2O4P. The molecule has 0 atom stereocenters. The van der Waals surface area contributed by atoms with E-state index in [1.807, 2.05) is 0 Å². The predicted octanol–water partition coefficient (Wildman–Crippen LogP) is 2.48. The van der Waals surface area contributed by atoms with E-state index in [4.69, 9.17) is 14.4 Å². The van der Waals surface area contributed by atoms with Crippen molar-refractivity contribution >= 4 is 7.82 Å². The molecule has 7 heteroatoms. The van der Waals surface area contributed by atoms with Gasteiger partial charge in [0.1, 0.15) is 0 Å². The lowest BCUT2D eigenvalue weighted by Crippen LogP contribution is -2.50. The lowest BCUT2D eigenvalue weighted by Gasteiger charge is -2.36. The highest BCUT2D eigenvalue weighted by Crippen LogP contribution is 2.39. The van der Waals surface area contributed by atoms with Gasteiger partial charge in [0.15, 0.2) is 0 Å². The molecule has 0 aliphatic heterocycles. The van der Waals surface area contributed by atoms with Crippen molar-refractivity contribution in [3.8, 4) is 0 Å². The van der Waals surface area contributed by atoms with E-state index >= 15 is 0 Å². The Bertz CT molecular complexity index is 311. The second kappa shape index (κ2) is 7.16. The van der Waals surface area contributed by atoms with E-state index in [0.717, 1.165) is 38.5 Å². The van der Waals surface area contributed by atoms with Gasteiger partial charge < -0.3 is 9.79 Å². The first-order valence-electron chi connectivity index (χ1n) is 7.35. The number of nitrogens with one attached hydrogen (secondary N) is 1. The first-order chi connectivity index (χ1) is 9.04. The SMILES string of the molecule is O=P(O)(O)ON(NC1CCCCC1)C1CCCCC1. The van der Waals surface area contributed by atoms with Gasteiger partial charge in [-0.15, -0.1) is 5.17 Å². The van der Waals surface area contributed by atoms with Crippen LogP contribution in [0.4, 0.5) is 0 Å². The Hall–Kier alpha value is 0.0300. The molecule has 0 spiro atoms. The Morgan fingerprint density at radius 3 is 2.00 bits per heavy atom. The van der Waals surface area contributed by atoms with E-state index < -0.39 is 7.82 Å². The Morgan fingerprint density at radius 2 is 1.47 bits per heavy atom. The number of nitrogens with zero attached hydrogens (tertiary/aromatic N) is 1. The minimum atomic E-state index is -4.49. The molecule has 0 aromatic rings. The van der Waals surface area contributed by atoms with Crippen LogP contribution < -0.4 is 5.43 Å². The third kappa shape index (κ3) is 5.50. The molecule has 2 aliphatic rings. The Morgan fingerprint density at radius 1 is 0.947 bits per heavy atom. The topological polar surface area (TPSA) is 82.0 Å². The lowest BCUT2D eigenvalue weighted by molar-refractivity contribution is -0.173. The maximum absolute atomic E-state index is 11.1. The van der Waals surface area contributed by atoms with Crippen molar-refractivity contribution in [1.29, 1.82) is 0 Å². The first kappa shape index (κ1) is 15.4. The summed E-state index contributed by atoms with van der Waals surface area (Å²) in [4.78, 5) is 18.1. The summed E-state index contributed by atoms with van der Waals surface area (Å²) in [5, 5.41) is 1.37. The maximum Gasteiger partial charge on any atom is 0.487 e. The van der Waals surface area contributed by atoms with Crippen LogP contribution in [0.25, 0.3) is 0 Å². The van der Waals surface area contributed by atoms with Crippen LogP contribution in [0.1, 0.15) is 64.2 Å². The Labute approximate surface area is 114 Å². The zero-order chi connectivity index (χ0) is 13.7. The van der Waals surface area contributed by atoms with Gasteiger partial charge in [-0.25, -0.2) is 9.99 Å². The van der Waals surface area contributed by atoms with Gasteiger partial charge in [0, 0.05) is 6.04 Å². The molecule has 112 valence electrons. The predicted molar refractivity (Wildman–Crippen MR) is 71.8 cm³/mol. The molecule has 19 heavy (non-hydrogen) atoms. The second-order valence-electron chi connectivity index (χ2n) is 5.65.